The number of rotatable bonds is 7. The number of para-hydroxylation sites is 2. The summed E-state index contributed by atoms with van der Waals surface area (Å²) >= 11 is 0. The molecule has 31 heavy (non-hydrogen) atoms. The summed E-state index contributed by atoms with van der Waals surface area (Å²) < 4.78 is 32.5. The monoisotopic (exact) mass is 438 g/mol. The molecule has 0 radical (unpaired) electrons. The highest BCUT2D eigenvalue weighted by atomic mass is 32.2. The highest BCUT2D eigenvalue weighted by Gasteiger charge is 2.28. The van der Waals surface area contributed by atoms with Gasteiger partial charge in [0.2, 0.25) is 5.91 Å². The van der Waals surface area contributed by atoms with E-state index in [1.165, 1.54) is 25.3 Å². The van der Waals surface area contributed by atoms with Crippen LogP contribution in [0.25, 0.3) is 0 Å². The van der Waals surface area contributed by atoms with Crippen LogP contribution in [0.4, 0.5) is 11.4 Å². The van der Waals surface area contributed by atoms with Gasteiger partial charge in [0.05, 0.1) is 28.9 Å². The van der Waals surface area contributed by atoms with Crippen LogP contribution >= 0.6 is 0 Å². The number of carbonyl (C=O) groups excluding carboxylic acids is 2. The van der Waals surface area contributed by atoms with Crippen molar-refractivity contribution in [3.05, 3.63) is 90.0 Å². The lowest BCUT2D eigenvalue weighted by atomic mass is 10.1. The Hall–Kier alpha value is -3.65. The molecule has 8 heteroatoms. The van der Waals surface area contributed by atoms with Gasteiger partial charge in [0.15, 0.2) is 0 Å². The number of benzene rings is 3. The number of hydrogen-bond acceptors (Lipinski definition) is 5. The first-order valence-electron chi connectivity index (χ1n) is 9.45. The van der Waals surface area contributed by atoms with Gasteiger partial charge in [-0.15, -0.1) is 0 Å². The lowest BCUT2D eigenvalue weighted by molar-refractivity contribution is -0.114. The van der Waals surface area contributed by atoms with Gasteiger partial charge in [-0.1, -0.05) is 48.5 Å². The van der Waals surface area contributed by atoms with Crippen LogP contribution in [-0.2, 0) is 19.6 Å². The molecule has 3 rings (SSSR count). The normalized spacial score (nSPS) is 10.9. The summed E-state index contributed by atoms with van der Waals surface area (Å²) in [7, 11) is -2.77. The molecular formula is C23H22N2O5S. The average Bonchev–Trinajstić information content (AvgIpc) is 2.78. The maximum Gasteiger partial charge on any atom is 0.339 e. The Balaban J connectivity index is 1.96. The largest absolute Gasteiger partial charge is 0.465 e. The number of anilines is 2. The summed E-state index contributed by atoms with van der Waals surface area (Å²) in [6.45, 7) is 1.30. The minimum Gasteiger partial charge on any atom is -0.465 e. The summed E-state index contributed by atoms with van der Waals surface area (Å²) in [5, 5.41) is 2.62. The van der Waals surface area contributed by atoms with Crippen LogP contribution in [0.3, 0.4) is 0 Å². The molecule has 0 aliphatic heterocycles. The third-order valence-corrected chi connectivity index (χ3v) is 6.38. The predicted octanol–water partition coefficient (Wildman–Crippen LogP) is 3.62. The van der Waals surface area contributed by atoms with Crippen LogP contribution in [-0.4, -0.2) is 33.9 Å². The van der Waals surface area contributed by atoms with Gasteiger partial charge in [-0.2, -0.15) is 0 Å². The van der Waals surface area contributed by atoms with Crippen LogP contribution in [0, 0.1) is 6.92 Å². The molecule has 0 aromatic heterocycles. The zero-order valence-electron chi connectivity index (χ0n) is 17.1. The molecule has 0 unspecified atom stereocenters. The van der Waals surface area contributed by atoms with Gasteiger partial charge in [0.25, 0.3) is 10.0 Å². The highest BCUT2D eigenvalue weighted by Crippen LogP contribution is 2.27. The van der Waals surface area contributed by atoms with Crippen molar-refractivity contribution in [2.45, 2.75) is 11.8 Å². The first-order valence-corrected chi connectivity index (χ1v) is 10.9. The van der Waals surface area contributed by atoms with Gasteiger partial charge in [-0.25, -0.2) is 13.2 Å². The van der Waals surface area contributed by atoms with E-state index in [1.54, 1.807) is 67.6 Å². The second-order valence-electron chi connectivity index (χ2n) is 6.70. The van der Waals surface area contributed by atoms with Crippen molar-refractivity contribution in [2.24, 2.45) is 0 Å². The van der Waals surface area contributed by atoms with Crippen molar-refractivity contribution in [2.75, 3.05) is 23.3 Å². The molecule has 0 saturated carbocycles. The SMILES string of the molecule is COC(=O)c1ccccc1NC(=O)CN(c1ccccc1C)S(=O)(=O)c1ccccc1. The van der Waals surface area contributed by atoms with Crippen LogP contribution in [0.15, 0.2) is 83.8 Å². The van der Waals surface area contributed by atoms with Crippen molar-refractivity contribution >= 4 is 33.3 Å². The first kappa shape index (κ1) is 22.0. The van der Waals surface area contributed by atoms with Crippen molar-refractivity contribution in [3.8, 4) is 0 Å². The zero-order valence-corrected chi connectivity index (χ0v) is 17.9. The number of esters is 1. The van der Waals surface area contributed by atoms with E-state index in [2.05, 4.69) is 5.32 Å². The fourth-order valence-electron chi connectivity index (χ4n) is 3.06. The lowest BCUT2D eigenvalue weighted by Crippen LogP contribution is -2.38. The third-order valence-electron chi connectivity index (χ3n) is 4.61. The first-order chi connectivity index (χ1) is 14.8. The molecule has 160 valence electrons. The third kappa shape index (κ3) is 4.92. The van der Waals surface area contributed by atoms with Crippen LogP contribution in [0.2, 0.25) is 0 Å². The van der Waals surface area contributed by atoms with Gasteiger partial charge >= 0.3 is 5.97 Å². The molecule has 1 amide bonds. The maximum atomic E-state index is 13.4. The number of methoxy groups -OCH3 is 1. The quantitative estimate of drug-likeness (QED) is 0.569. The van der Waals surface area contributed by atoms with E-state index in [1.807, 2.05) is 0 Å². The summed E-state index contributed by atoms with van der Waals surface area (Å²) in [6, 6.07) is 21.2. The number of aryl methyl sites for hydroxylation is 1. The molecule has 0 aliphatic carbocycles. The summed E-state index contributed by atoms with van der Waals surface area (Å²) in [5.41, 5.74) is 1.50. The molecule has 0 atom stereocenters. The molecule has 0 fully saturated rings. The second kappa shape index (κ2) is 9.44. The predicted molar refractivity (Wildman–Crippen MR) is 119 cm³/mol. The summed E-state index contributed by atoms with van der Waals surface area (Å²) in [5.74, 6) is -1.21. The number of carbonyl (C=O) groups is 2. The Kier molecular flexibility index (Phi) is 6.71. The van der Waals surface area contributed by atoms with Gasteiger partial charge in [-0.05, 0) is 42.8 Å². The fraction of sp³-hybridized carbons (Fsp3) is 0.130. The zero-order chi connectivity index (χ0) is 22.4. The molecule has 0 spiro atoms. The number of nitrogens with zero attached hydrogens (tertiary/aromatic N) is 1. The Morgan fingerprint density at radius 3 is 2.19 bits per heavy atom. The van der Waals surface area contributed by atoms with Crippen molar-refractivity contribution in [1.82, 2.24) is 0 Å². The molecule has 7 nitrogen and oxygen atoms in total. The van der Waals surface area contributed by atoms with Crippen molar-refractivity contribution < 1.29 is 22.7 Å². The van der Waals surface area contributed by atoms with Gasteiger partial charge in [0, 0.05) is 0 Å². The van der Waals surface area contributed by atoms with Gasteiger partial charge in [-0.3, -0.25) is 9.10 Å². The molecule has 0 saturated heterocycles. The maximum absolute atomic E-state index is 13.4. The number of hydrogen-bond donors (Lipinski definition) is 1. The van der Waals surface area contributed by atoms with E-state index in [9.17, 15) is 18.0 Å². The molecule has 3 aromatic carbocycles. The topological polar surface area (TPSA) is 92.8 Å². The number of ether oxygens (including phenoxy) is 1. The molecule has 0 aliphatic rings. The molecule has 1 N–H and O–H groups in total. The van der Waals surface area contributed by atoms with Crippen LogP contribution in [0.1, 0.15) is 15.9 Å². The Morgan fingerprint density at radius 1 is 0.903 bits per heavy atom. The van der Waals surface area contributed by atoms with Gasteiger partial charge in [0.1, 0.15) is 6.54 Å². The number of amides is 1. The fourth-order valence-corrected chi connectivity index (χ4v) is 4.57. The van der Waals surface area contributed by atoms with Crippen LogP contribution < -0.4 is 9.62 Å². The van der Waals surface area contributed by atoms with E-state index in [0.29, 0.717) is 11.3 Å². The molecule has 0 heterocycles. The van der Waals surface area contributed by atoms with E-state index < -0.39 is 28.4 Å². The van der Waals surface area contributed by atoms with E-state index in [0.717, 1.165) is 4.31 Å². The Bertz CT molecular complexity index is 1190. The molecular weight excluding hydrogens is 416 g/mol. The minimum atomic E-state index is -4.01. The van der Waals surface area contributed by atoms with Crippen LogP contribution in [0.5, 0.6) is 0 Å². The lowest BCUT2D eigenvalue weighted by Gasteiger charge is -2.25. The standard InChI is InChI=1S/C23H22N2O5S/c1-17-10-6-9-15-21(17)25(31(28,29)18-11-4-3-5-12-18)16-22(26)24-20-14-8-7-13-19(20)23(27)30-2/h3-15H,16H2,1-2H3,(H,24,26). The average molecular weight is 439 g/mol. The highest BCUT2D eigenvalue weighted by molar-refractivity contribution is 7.92. The number of sulfonamides is 1. The summed E-state index contributed by atoms with van der Waals surface area (Å²) in [4.78, 5) is 24.9. The Morgan fingerprint density at radius 2 is 1.52 bits per heavy atom. The van der Waals surface area contributed by atoms with E-state index in [4.69, 9.17) is 4.74 Å². The molecule has 0 bridgehead atoms. The van der Waals surface area contributed by atoms with E-state index >= 15 is 0 Å². The van der Waals surface area contributed by atoms with Crippen molar-refractivity contribution in [3.63, 3.8) is 0 Å². The Labute approximate surface area is 181 Å². The summed E-state index contributed by atoms with van der Waals surface area (Å²) in [6.07, 6.45) is 0. The smallest absolute Gasteiger partial charge is 0.339 e. The number of nitrogens with one attached hydrogen (secondary N) is 1. The minimum absolute atomic E-state index is 0.0704. The molecule has 3 aromatic rings. The van der Waals surface area contributed by atoms with Crippen molar-refractivity contribution in [1.29, 1.82) is 0 Å². The van der Waals surface area contributed by atoms with E-state index in [-0.39, 0.29) is 16.1 Å². The second-order valence-corrected chi connectivity index (χ2v) is 8.56. The van der Waals surface area contributed by atoms with Gasteiger partial charge < -0.3 is 10.1 Å².